The molecule has 3 heteroatoms. The smallest absolute Gasteiger partial charge is 0.331 e. The molecule has 1 rings (SSSR count). The van der Waals surface area contributed by atoms with Gasteiger partial charge in [0.05, 0.1) is 0 Å². The summed E-state index contributed by atoms with van der Waals surface area (Å²) in [5.41, 5.74) is 7.21. The summed E-state index contributed by atoms with van der Waals surface area (Å²) in [6, 6.07) is 9.52. The summed E-state index contributed by atoms with van der Waals surface area (Å²) in [5.74, 6) is -0.918. The first-order valence-electron chi connectivity index (χ1n) is 4.81. The van der Waals surface area contributed by atoms with Gasteiger partial charge in [-0.3, -0.25) is 0 Å². The van der Waals surface area contributed by atoms with E-state index in [1.165, 1.54) is 0 Å². The predicted octanol–water partition coefficient (Wildman–Crippen LogP) is 1.59. The highest BCUT2D eigenvalue weighted by Gasteiger charge is 2.04. The van der Waals surface area contributed by atoms with E-state index in [2.05, 4.69) is 0 Å². The molecular formula is C12H15NO2. The summed E-state index contributed by atoms with van der Waals surface area (Å²) in [7, 11) is 0. The van der Waals surface area contributed by atoms with Gasteiger partial charge in [0.25, 0.3) is 0 Å². The third kappa shape index (κ3) is 3.95. The topological polar surface area (TPSA) is 63.3 Å². The molecule has 0 aromatic heterocycles. The van der Waals surface area contributed by atoms with Crippen molar-refractivity contribution in [1.82, 2.24) is 0 Å². The van der Waals surface area contributed by atoms with Crippen molar-refractivity contribution in [2.24, 2.45) is 5.73 Å². The maximum absolute atomic E-state index is 10.6. The van der Waals surface area contributed by atoms with Crippen LogP contribution in [0.15, 0.2) is 42.0 Å². The van der Waals surface area contributed by atoms with Gasteiger partial charge in [-0.05, 0) is 18.9 Å². The van der Waals surface area contributed by atoms with Gasteiger partial charge in [0, 0.05) is 11.6 Å². The molecule has 0 aliphatic rings. The second kappa shape index (κ2) is 5.32. The maximum atomic E-state index is 10.6. The van der Waals surface area contributed by atoms with Gasteiger partial charge in [0.2, 0.25) is 0 Å². The van der Waals surface area contributed by atoms with Gasteiger partial charge >= 0.3 is 5.97 Å². The van der Waals surface area contributed by atoms with Crippen LogP contribution in [-0.2, 0) is 11.2 Å². The van der Waals surface area contributed by atoms with Crippen LogP contribution in [0.1, 0.15) is 12.5 Å². The molecule has 0 fully saturated rings. The predicted molar refractivity (Wildman–Crippen MR) is 59.5 cm³/mol. The molecular weight excluding hydrogens is 190 g/mol. The van der Waals surface area contributed by atoms with Crippen molar-refractivity contribution >= 4 is 5.97 Å². The number of benzene rings is 1. The molecule has 0 heterocycles. The van der Waals surface area contributed by atoms with E-state index >= 15 is 0 Å². The van der Waals surface area contributed by atoms with Gasteiger partial charge in [-0.25, -0.2) is 4.79 Å². The Balaban J connectivity index is 2.61. The van der Waals surface area contributed by atoms with E-state index in [-0.39, 0.29) is 6.04 Å². The number of carboxylic acid groups (broad SMARTS) is 1. The lowest BCUT2D eigenvalue weighted by molar-refractivity contribution is -0.132. The average Bonchev–Trinajstić information content (AvgIpc) is 2.18. The quantitative estimate of drug-likeness (QED) is 0.734. The molecule has 0 bridgehead atoms. The van der Waals surface area contributed by atoms with Crippen molar-refractivity contribution in [3.8, 4) is 0 Å². The standard InChI is InChI=1S/C12H15NO2/c1-9(12(14)15)7-11(13)8-10-5-3-2-4-6-10/h2-7,11H,8,13H2,1H3,(H,14,15)/b9-7+. The molecule has 0 aliphatic heterocycles. The van der Waals surface area contributed by atoms with Gasteiger partial charge in [0.15, 0.2) is 0 Å². The van der Waals surface area contributed by atoms with Crippen LogP contribution < -0.4 is 5.73 Å². The Labute approximate surface area is 89.2 Å². The number of hydrogen-bond donors (Lipinski definition) is 2. The van der Waals surface area contributed by atoms with Crippen LogP contribution in [0.4, 0.5) is 0 Å². The molecule has 1 aromatic rings. The first kappa shape index (κ1) is 11.5. The second-order valence-corrected chi connectivity index (χ2v) is 3.51. The number of rotatable bonds is 4. The third-order valence-corrected chi connectivity index (χ3v) is 2.12. The van der Waals surface area contributed by atoms with E-state index in [0.717, 1.165) is 5.56 Å². The van der Waals surface area contributed by atoms with Crippen molar-refractivity contribution in [2.45, 2.75) is 19.4 Å². The Morgan fingerprint density at radius 3 is 2.60 bits per heavy atom. The number of hydrogen-bond acceptors (Lipinski definition) is 2. The first-order valence-corrected chi connectivity index (χ1v) is 4.81. The molecule has 0 spiro atoms. The highest BCUT2D eigenvalue weighted by Crippen LogP contribution is 2.04. The maximum Gasteiger partial charge on any atom is 0.331 e. The number of nitrogens with two attached hydrogens (primary N) is 1. The molecule has 1 aromatic carbocycles. The first-order chi connectivity index (χ1) is 7.09. The van der Waals surface area contributed by atoms with E-state index in [9.17, 15) is 4.79 Å². The lowest BCUT2D eigenvalue weighted by atomic mass is 10.0. The van der Waals surface area contributed by atoms with Crippen molar-refractivity contribution < 1.29 is 9.90 Å². The molecule has 0 saturated carbocycles. The summed E-state index contributed by atoms with van der Waals surface area (Å²) < 4.78 is 0. The lowest BCUT2D eigenvalue weighted by Crippen LogP contribution is -2.21. The van der Waals surface area contributed by atoms with Crippen LogP contribution in [0, 0.1) is 0 Å². The van der Waals surface area contributed by atoms with Gasteiger partial charge < -0.3 is 10.8 Å². The zero-order chi connectivity index (χ0) is 11.3. The molecule has 1 atom stereocenters. The van der Waals surface area contributed by atoms with Crippen molar-refractivity contribution in [2.75, 3.05) is 0 Å². The molecule has 0 radical (unpaired) electrons. The minimum Gasteiger partial charge on any atom is -0.478 e. The molecule has 1 unspecified atom stereocenters. The van der Waals surface area contributed by atoms with Crippen molar-refractivity contribution in [3.05, 3.63) is 47.5 Å². The van der Waals surface area contributed by atoms with Crippen LogP contribution in [0.2, 0.25) is 0 Å². The molecule has 3 nitrogen and oxygen atoms in total. The molecule has 0 saturated heterocycles. The summed E-state index contributed by atoms with van der Waals surface area (Å²) in [5, 5.41) is 8.67. The van der Waals surface area contributed by atoms with Crippen LogP contribution in [0.25, 0.3) is 0 Å². The molecule has 0 aliphatic carbocycles. The molecule has 80 valence electrons. The Morgan fingerprint density at radius 1 is 1.47 bits per heavy atom. The third-order valence-electron chi connectivity index (χ3n) is 2.12. The largest absolute Gasteiger partial charge is 0.478 e. The Morgan fingerprint density at radius 2 is 2.07 bits per heavy atom. The van der Waals surface area contributed by atoms with E-state index in [1.54, 1.807) is 13.0 Å². The number of carboxylic acids is 1. The van der Waals surface area contributed by atoms with E-state index in [1.807, 2.05) is 30.3 Å². The molecule has 15 heavy (non-hydrogen) atoms. The zero-order valence-corrected chi connectivity index (χ0v) is 8.68. The summed E-state index contributed by atoms with van der Waals surface area (Å²) in [6.07, 6.45) is 2.24. The summed E-state index contributed by atoms with van der Waals surface area (Å²) in [6.45, 7) is 1.55. The van der Waals surface area contributed by atoms with Gasteiger partial charge in [-0.15, -0.1) is 0 Å². The van der Waals surface area contributed by atoms with E-state index in [0.29, 0.717) is 12.0 Å². The minimum atomic E-state index is -0.918. The highest BCUT2D eigenvalue weighted by atomic mass is 16.4. The fourth-order valence-corrected chi connectivity index (χ4v) is 1.34. The number of aliphatic carboxylic acids is 1. The summed E-state index contributed by atoms with van der Waals surface area (Å²) >= 11 is 0. The highest BCUT2D eigenvalue weighted by molar-refractivity contribution is 5.85. The Bertz CT molecular complexity index is 357. The summed E-state index contributed by atoms with van der Waals surface area (Å²) in [4.78, 5) is 10.6. The number of carbonyl (C=O) groups is 1. The fraction of sp³-hybridized carbons (Fsp3) is 0.250. The van der Waals surface area contributed by atoms with E-state index < -0.39 is 5.97 Å². The SMILES string of the molecule is C/C(=C\C(N)Cc1ccccc1)C(=O)O. The second-order valence-electron chi connectivity index (χ2n) is 3.51. The molecule has 3 N–H and O–H groups in total. The zero-order valence-electron chi connectivity index (χ0n) is 8.68. The fourth-order valence-electron chi connectivity index (χ4n) is 1.34. The van der Waals surface area contributed by atoms with E-state index in [4.69, 9.17) is 10.8 Å². The van der Waals surface area contributed by atoms with Gasteiger partial charge in [-0.1, -0.05) is 36.4 Å². The van der Waals surface area contributed by atoms with Crippen molar-refractivity contribution in [3.63, 3.8) is 0 Å². The van der Waals surface area contributed by atoms with Crippen LogP contribution in [0.5, 0.6) is 0 Å². The van der Waals surface area contributed by atoms with Crippen LogP contribution in [0.3, 0.4) is 0 Å². The molecule has 0 amide bonds. The van der Waals surface area contributed by atoms with Crippen LogP contribution in [-0.4, -0.2) is 17.1 Å². The average molecular weight is 205 g/mol. The monoisotopic (exact) mass is 205 g/mol. The minimum absolute atomic E-state index is 0.247. The normalized spacial score (nSPS) is 13.6. The Kier molecular flexibility index (Phi) is 4.06. The van der Waals surface area contributed by atoms with Crippen molar-refractivity contribution in [1.29, 1.82) is 0 Å². The van der Waals surface area contributed by atoms with Gasteiger partial charge in [-0.2, -0.15) is 0 Å². The lowest BCUT2D eigenvalue weighted by Gasteiger charge is -2.07. The van der Waals surface area contributed by atoms with Gasteiger partial charge in [0.1, 0.15) is 0 Å². The Hall–Kier alpha value is -1.61. The van der Waals surface area contributed by atoms with Crippen LogP contribution >= 0.6 is 0 Å².